The molecule has 1 N–H and O–H groups in total. The van der Waals surface area contributed by atoms with Crippen molar-refractivity contribution in [2.24, 2.45) is 0 Å². The standard InChI is InChI=1S/C13H14ClFN2/c1-3-8-5-9-6-10(14)7-11(15)12(9)17-13(8)16-4-2/h5-7H,3-4H2,1-2H3,(H,16,17). The van der Waals surface area contributed by atoms with Crippen LogP contribution in [0.25, 0.3) is 10.9 Å². The van der Waals surface area contributed by atoms with Gasteiger partial charge in [0, 0.05) is 17.0 Å². The highest BCUT2D eigenvalue weighted by atomic mass is 35.5. The quantitative estimate of drug-likeness (QED) is 0.892. The van der Waals surface area contributed by atoms with Crippen LogP contribution in [-0.2, 0) is 6.42 Å². The van der Waals surface area contributed by atoms with Gasteiger partial charge >= 0.3 is 0 Å². The van der Waals surface area contributed by atoms with Gasteiger partial charge in [0.25, 0.3) is 0 Å². The van der Waals surface area contributed by atoms with Crippen molar-refractivity contribution >= 4 is 28.3 Å². The van der Waals surface area contributed by atoms with Crippen molar-refractivity contribution in [1.82, 2.24) is 4.98 Å². The third kappa shape index (κ3) is 2.34. The Hall–Kier alpha value is -1.35. The summed E-state index contributed by atoms with van der Waals surface area (Å²) in [5.74, 6) is 0.373. The zero-order valence-corrected chi connectivity index (χ0v) is 10.6. The van der Waals surface area contributed by atoms with Gasteiger partial charge in [-0.1, -0.05) is 18.5 Å². The van der Waals surface area contributed by atoms with Gasteiger partial charge in [-0.15, -0.1) is 0 Å². The molecule has 2 rings (SSSR count). The van der Waals surface area contributed by atoms with E-state index in [0.29, 0.717) is 10.5 Å². The Kier molecular flexibility index (Phi) is 3.48. The van der Waals surface area contributed by atoms with E-state index in [2.05, 4.69) is 10.3 Å². The molecule has 0 amide bonds. The van der Waals surface area contributed by atoms with Crippen LogP contribution in [0.2, 0.25) is 5.02 Å². The highest BCUT2D eigenvalue weighted by molar-refractivity contribution is 6.31. The number of benzene rings is 1. The van der Waals surface area contributed by atoms with E-state index in [4.69, 9.17) is 11.6 Å². The fourth-order valence-corrected chi connectivity index (χ4v) is 2.06. The van der Waals surface area contributed by atoms with Crippen LogP contribution in [0.3, 0.4) is 0 Å². The maximum absolute atomic E-state index is 13.7. The predicted molar refractivity (Wildman–Crippen MR) is 70.3 cm³/mol. The van der Waals surface area contributed by atoms with E-state index in [1.807, 2.05) is 19.9 Å². The number of halogens is 2. The van der Waals surface area contributed by atoms with E-state index in [0.717, 1.165) is 29.7 Å². The summed E-state index contributed by atoms with van der Waals surface area (Å²) in [5, 5.41) is 4.29. The van der Waals surface area contributed by atoms with Crippen LogP contribution >= 0.6 is 11.6 Å². The fourth-order valence-electron chi connectivity index (χ4n) is 1.84. The third-order valence-corrected chi connectivity index (χ3v) is 2.86. The van der Waals surface area contributed by atoms with Crippen LogP contribution in [0, 0.1) is 5.82 Å². The summed E-state index contributed by atoms with van der Waals surface area (Å²) in [6.07, 6.45) is 0.847. The summed E-state index contributed by atoms with van der Waals surface area (Å²) in [6, 6.07) is 4.97. The lowest BCUT2D eigenvalue weighted by molar-refractivity contribution is 0.637. The molecule has 0 spiro atoms. The monoisotopic (exact) mass is 252 g/mol. The number of pyridine rings is 1. The van der Waals surface area contributed by atoms with Gasteiger partial charge in [-0.25, -0.2) is 9.37 Å². The lowest BCUT2D eigenvalue weighted by Gasteiger charge is -2.10. The van der Waals surface area contributed by atoms with Crippen molar-refractivity contribution in [2.75, 3.05) is 11.9 Å². The molecule has 0 aliphatic heterocycles. The molecule has 0 radical (unpaired) electrons. The normalized spacial score (nSPS) is 10.8. The van der Waals surface area contributed by atoms with Crippen LogP contribution in [-0.4, -0.2) is 11.5 Å². The minimum Gasteiger partial charge on any atom is -0.370 e. The number of rotatable bonds is 3. The molecule has 1 aromatic heterocycles. The topological polar surface area (TPSA) is 24.9 Å². The average molecular weight is 253 g/mol. The Morgan fingerprint density at radius 2 is 2.06 bits per heavy atom. The molecule has 0 unspecified atom stereocenters. The maximum atomic E-state index is 13.7. The van der Waals surface area contributed by atoms with E-state index >= 15 is 0 Å². The SMILES string of the molecule is CCNc1nc2c(F)cc(Cl)cc2cc1CC. The first-order chi connectivity index (χ1) is 8.15. The molecule has 0 atom stereocenters. The van der Waals surface area contributed by atoms with Crippen LogP contribution < -0.4 is 5.32 Å². The lowest BCUT2D eigenvalue weighted by atomic mass is 10.1. The van der Waals surface area contributed by atoms with Gasteiger partial charge in [0.2, 0.25) is 0 Å². The second-order valence-electron chi connectivity index (χ2n) is 3.84. The van der Waals surface area contributed by atoms with Crippen LogP contribution in [0.15, 0.2) is 18.2 Å². The number of aryl methyl sites for hydroxylation is 1. The summed E-state index contributed by atoms with van der Waals surface area (Å²) in [4.78, 5) is 4.33. The number of nitrogens with one attached hydrogen (secondary N) is 1. The molecular formula is C13H14ClFN2. The van der Waals surface area contributed by atoms with Gasteiger partial charge < -0.3 is 5.32 Å². The van der Waals surface area contributed by atoms with Crippen molar-refractivity contribution in [2.45, 2.75) is 20.3 Å². The minimum absolute atomic E-state index is 0.363. The molecule has 0 saturated carbocycles. The van der Waals surface area contributed by atoms with Crippen molar-refractivity contribution in [3.8, 4) is 0 Å². The molecule has 0 bridgehead atoms. The molecule has 0 saturated heterocycles. The highest BCUT2D eigenvalue weighted by Gasteiger charge is 2.09. The second-order valence-corrected chi connectivity index (χ2v) is 4.28. The predicted octanol–water partition coefficient (Wildman–Crippen LogP) is 4.02. The zero-order valence-electron chi connectivity index (χ0n) is 9.85. The van der Waals surface area contributed by atoms with Gasteiger partial charge in [-0.05, 0) is 37.1 Å². The third-order valence-electron chi connectivity index (χ3n) is 2.64. The van der Waals surface area contributed by atoms with E-state index in [-0.39, 0.29) is 5.82 Å². The first-order valence-electron chi connectivity index (χ1n) is 5.68. The van der Waals surface area contributed by atoms with Crippen molar-refractivity contribution in [1.29, 1.82) is 0 Å². The minimum atomic E-state index is -0.380. The molecular weight excluding hydrogens is 239 g/mol. The first-order valence-corrected chi connectivity index (χ1v) is 6.06. The Morgan fingerprint density at radius 1 is 1.29 bits per heavy atom. The molecule has 2 aromatic rings. The maximum Gasteiger partial charge on any atom is 0.150 e. The van der Waals surface area contributed by atoms with Crippen molar-refractivity contribution < 1.29 is 4.39 Å². The smallest absolute Gasteiger partial charge is 0.150 e. The summed E-state index contributed by atoms with van der Waals surface area (Å²) in [5.41, 5.74) is 1.43. The Morgan fingerprint density at radius 3 is 2.71 bits per heavy atom. The summed E-state index contributed by atoms with van der Waals surface area (Å²) >= 11 is 5.84. The summed E-state index contributed by atoms with van der Waals surface area (Å²) in [6.45, 7) is 4.80. The molecule has 0 aliphatic carbocycles. The van der Waals surface area contributed by atoms with Crippen molar-refractivity contribution in [3.63, 3.8) is 0 Å². The molecule has 1 heterocycles. The second kappa shape index (κ2) is 4.88. The van der Waals surface area contributed by atoms with Crippen molar-refractivity contribution in [3.05, 3.63) is 34.6 Å². The number of nitrogens with zero attached hydrogens (tertiary/aromatic N) is 1. The Labute approximate surface area is 105 Å². The molecule has 1 aromatic carbocycles. The highest BCUT2D eigenvalue weighted by Crippen LogP contribution is 2.26. The number of fused-ring (bicyclic) bond motifs is 1. The number of anilines is 1. The van der Waals surface area contributed by atoms with Crippen LogP contribution in [0.5, 0.6) is 0 Å². The van der Waals surface area contributed by atoms with E-state index in [1.54, 1.807) is 6.07 Å². The molecule has 0 fully saturated rings. The molecule has 2 nitrogen and oxygen atoms in total. The first kappa shape index (κ1) is 12.1. The van der Waals surface area contributed by atoms with Gasteiger partial charge in [0.1, 0.15) is 11.3 Å². The fraction of sp³-hybridized carbons (Fsp3) is 0.308. The van der Waals surface area contributed by atoms with Crippen LogP contribution in [0.1, 0.15) is 19.4 Å². The molecule has 90 valence electrons. The van der Waals surface area contributed by atoms with Gasteiger partial charge in [0.15, 0.2) is 5.82 Å². The zero-order chi connectivity index (χ0) is 12.4. The Bertz CT molecular complexity index is 555. The average Bonchev–Trinajstić information content (AvgIpc) is 2.29. The van der Waals surface area contributed by atoms with E-state index < -0.39 is 0 Å². The largest absolute Gasteiger partial charge is 0.370 e. The van der Waals surface area contributed by atoms with Gasteiger partial charge in [-0.2, -0.15) is 0 Å². The van der Waals surface area contributed by atoms with Gasteiger partial charge in [0.05, 0.1) is 0 Å². The van der Waals surface area contributed by atoms with Crippen LogP contribution in [0.4, 0.5) is 10.2 Å². The van der Waals surface area contributed by atoms with Gasteiger partial charge in [-0.3, -0.25) is 0 Å². The Balaban J connectivity index is 2.69. The summed E-state index contributed by atoms with van der Waals surface area (Å²) in [7, 11) is 0. The number of hydrogen-bond acceptors (Lipinski definition) is 2. The molecule has 4 heteroatoms. The number of hydrogen-bond donors (Lipinski definition) is 1. The van der Waals surface area contributed by atoms with E-state index in [9.17, 15) is 4.39 Å². The summed E-state index contributed by atoms with van der Waals surface area (Å²) < 4.78 is 13.7. The van der Waals surface area contributed by atoms with E-state index in [1.165, 1.54) is 6.07 Å². The molecule has 17 heavy (non-hydrogen) atoms. The molecule has 0 aliphatic rings. The lowest BCUT2D eigenvalue weighted by Crippen LogP contribution is -2.04. The number of aromatic nitrogens is 1.